The molecule has 0 saturated carbocycles. The lowest BCUT2D eigenvalue weighted by Gasteiger charge is -2.47. The molecule has 3 aliphatic rings. The molecule has 142 valence electrons. The summed E-state index contributed by atoms with van der Waals surface area (Å²) < 4.78 is 2.03. The number of hydrogen-bond donors (Lipinski definition) is 0. The molecule has 0 amide bonds. The van der Waals surface area contributed by atoms with Gasteiger partial charge in [-0.15, -0.1) is 0 Å². The Hall–Kier alpha value is -2.05. The molecule has 0 unspecified atom stereocenters. The van der Waals surface area contributed by atoms with Crippen molar-refractivity contribution in [1.82, 2.24) is 24.3 Å². The zero-order valence-electron chi connectivity index (χ0n) is 15.9. The summed E-state index contributed by atoms with van der Waals surface area (Å²) in [7, 11) is 2.22. The van der Waals surface area contributed by atoms with Gasteiger partial charge in [0.2, 0.25) is 0 Å². The van der Waals surface area contributed by atoms with Crippen molar-refractivity contribution in [1.29, 1.82) is 0 Å². The largest absolute Gasteiger partial charge is 0.311 e. The highest BCUT2D eigenvalue weighted by atomic mass is 16.1. The molecule has 6 nitrogen and oxygen atoms in total. The number of rotatable bonds is 2. The first-order valence-corrected chi connectivity index (χ1v) is 10.1. The fraction of sp³-hybridized carbons (Fsp3) is 0.571. The van der Waals surface area contributed by atoms with Gasteiger partial charge in [-0.25, -0.2) is 9.97 Å². The van der Waals surface area contributed by atoms with Gasteiger partial charge in [-0.1, -0.05) is 0 Å². The van der Waals surface area contributed by atoms with E-state index in [4.69, 9.17) is 0 Å². The topological polar surface area (TPSA) is 54.3 Å². The number of aromatic nitrogens is 3. The summed E-state index contributed by atoms with van der Waals surface area (Å²) in [6.45, 7) is 5.48. The Morgan fingerprint density at radius 1 is 1.04 bits per heavy atom. The fourth-order valence-electron chi connectivity index (χ4n) is 5.30. The van der Waals surface area contributed by atoms with Gasteiger partial charge < -0.3 is 9.47 Å². The maximum absolute atomic E-state index is 13.2. The van der Waals surface area contributed by atoms with E-state index < -0.39 is 0 Å². The molecule has 0 N–H and O–H groups in total. The Balaban J connectivity index is 1.43. The number of fused-ring (bicyclic) bond motifs is 4. The summed E-state index contributed by atoms with van der Waals surface area (Å²) in [5.74, 6) is 1.06. The molecule has 2 bridgehead atoms. The summed E-state index contributed by atoms with van der Waals surface area (Å²) in [5, 5.41) is 0. The maximum atomic E-state index is 13.2. The number of piperidine rings is 2. The summed E-state index contributed by atoms with van der Waals surface area (Å²) >= 11 is 0. The van der Waals surface area contributed by atoms with Gasteiger partial charge in [0.15, 0.2) is 0 Å². The molecule has 0 aromatic carbocycles. The van der Waals surface area contributed by atoms with Crippen LogP contribution in [-0.2, 0) is 6.54 Å². The lowest BCUT2D eigenvalue weighted by molar-refractivity contribution is 0.0517. The second kappa shape index (κ2) is 6.84. The van der Waals surface area contributed by atoms with Crippen LogP contribution >= 0.6 is 0 Å². The second-order valence-corrected chi connectivity index (χ2v) is 8.50. The fourth-order valence-corrected chi connectivity index (χ4v) is 5.30. The minimum Gasteiger partial charge on any atom is -0.311 e. The number of likely N-dealkylation sites (tertiary alicyclic amines) is 2. The van der Waals surface area contributed by atoms with E-state index in [9.17, 15) is 4.79 Å². The van der Waals surface area contributed by atoms with Crippen molar-refractivity contribution in [2.75, 3.05) is 33.2 Å². The van der Waals surface area contributed by atoms with Crippen LogP contribution < -0.4 is 5.56 Å². The first-order valence-electron chi connectivity index (χ1n) is 10.1. The van der Waals surface area contributed by atoms with Crippen LogP contribution in [0.3, 0.4) is 0 Å². The molecular formula is C21H27N5O. The molecule has 0 aliphatic carbocycles. The van der Waals surface area contributed by atoms with E-state index in [1.165, 1.54) is 44.4 Å². The average molecular weight is 365 g/mol. The SMILES string of the molecule is CN1CCC(N2C[C@H]3C[C@H](C2)c2ccc(-c4cncnc4)c(=O)n2C3)CC1. The normalized spacial score (nSPS) is 26.7. The van der Waals surface area contributed by atoms with Crippen molar-refractivity contribution in [2.45, 2.75) is 37.8 Å². The van der Waals surface area contributed by atoms with Crippen molar-refractivity contribution in [3.05, 3.63) is 46.9 Å². The highest BCUT2D eigenvalue weighted by Crippen LogP contribution is 2.37. The quantitative estimate of drug-likeness (QED) is 0.813. The molecular weight excluding hydrogens is 338 g/mol. The molecule has 2 aromatic rings. The van der Waals surface area contributed by atoms with Gasteiger partial charge >= 0.3 is 0 Å². The molecule has 0 spiro atoms. The van der Waals surface area contributed by atoms with Crippen molar-refractivity contribution < 1.29 is 0 Å². The zero-order chi connectivity index (χ0) is 18.4. The van der Waals surface area contributed by atoms with Gasteiger partial charge in [-0.2, -0.15) is 0 Å². The molecule has 5 rings (SSSR count). The Morgan fingerprint density at radius 3 is 2.59 bits per heavy atom. The molecule has 6 heteroatoms. The highest BCUT2D eigenvalue weighted by Gasteiger charge is 2.37. The van der Waals surface area contributed by atoms with E-state index in [1.54, 1.807) is 12.4 Å². The molecule has 27 heavy (non-hydrogen) atoms. The van der Waals surface area contributed by atoms with Gasteiger partial charge in [0.1, 0.15) is 6.33 Å². The van der Waals surface area contributed by atoms with E-state index in [2.05, 4.69) is 32.9 Å². The molecule has 3 aliphatic heterocycles. The van der Waals surface area contributed by atoms with Crippen molar-refractivity contribution >= 4 is 0 Å². The molecule has 2 atom stereocenters. The number of nitrogens with zero attached hydrogens (tertiary/aromatic N) is 5. The standard InChI is InChI=1S/C21H27N5O/c1-24-6-4-18(5-7-24)25-11-15-8-16(13-25)20-3-2-19(21(27)26(20)12-15)17-9-22-14-23-10-17/h2-3,9-10,14-16,18H,4-8,11-13H2,1H3/t15-,16-/m1/s1. The molecule has 2 aromatic heterocycles. The first-order chi connectivity index (χ1) is 13.2. The maximum Gasteiger partial charge on any atom is 0.258 e. The number of hydrogen-bond acceptors (Lipinski definition) is 5. The van der Waals surface area contributed by atoms with E-state index in [0.717, 1.165) is 25.2 Å². The zero-order valence-corrected chi connectivity index (χ0v) is 15.9. The smallest absolute Gasteiger partial charge is 0.258 e. The van der Waals surface area contributed by atoms with Crippen LogP contribution in [0.5, 0.6) is 0 Å². The van der Waals surface area contributed by atoms with E-state index >= 15 is 0 Å². The minimum atomic E-state index is 0.116. The third-order valence-electron chi connectivity index (χ3n) is 6.71. The van der Waals surface area contributed by atoms with Crippen LogP contribution in [-0.4, -0.2) is 63.6 Å². The van der Waals surface area contributed by atoms with Crippen molar-refractivity contribution in [3.63, 3.8) is 0 Å². The van der Waals surface area contributed by atoms with E-state index in [-0.39, 0.29) is 5.56 Å². The predicted octanol–water partition coefficient (Wildman–Crippen LogP) is 1.82. The first kappa shape index (κ1) is 17.1. The Labute approximate surface area is 159 Å². The van der Waals surface area contributed by atoms with Gasteiger partial charge in [-0.3, -0.25) is 9.69 Å². The lowest BCUT2D eigenvalue weighted by Crippen LogP contribution is -2.53. The summed E-state index contributed by atoms with van der Waals surface area (Å²) in [6, 6.07) is 4.86. The Bertz CT molecular complexity index is 872. The van der Waals surface area contributed by atoms with Crippen LogP contribution in [0.1, 0.15) is 30.9 Å². The highest BCUT2D eigenvalue weighted by molar-refractivity contribution is 5.60. The van der Waals surface area contributed by atoms with Crippen LogP contribution in [0.25, 0.3) is 11.1 Å². The predicted molar refractivity (Wildman–Crippen MR) is 105 cm³/mol. The third-order valence-corrected chi connectivity index (χ3v) is 6.71. The molecule has 0 radical (unpaired) electrons. The molecule has 5 heterocycles. The summed E-state index contributed by atoms with van der Waals surface area (Å²) in [5.41, 5.74) is 2.85. The van der Waals surface area contributed by atoms with E-state index in [0.29, 0.717) is 23.4 Å². The van der Waals surface area contributed by atoms with Crippen LogP contribution in [0.15, 0.2) is 35.6 Å². The van der Waals surface area contributed by atoms with Crippen LogP contribution in [0.4, 0.5) is 0 Å². The monoisotopic (exact) mass is 365 g/mol. The lowest BCUT2D eigenvalue weighted by atomic mass is 9.81. The van der Waals surface area contributed by atoms with Gasteiger partial charge in [0, 0.05) is 55.2 Å². The minimum absolute atomic E-state index is 0.116. The van der Waals surface area contributed by atoms with Crippen molar-refractivity contribution in [2.24, 2.45) is 5.92 Å². The van der Waals surface area contributed by atoms with Gasteiger partial charge in [0.05, 0.1) is 5.56 Å². The van der Waals surface area contributed by atoms with Crippen molar-refractivity contribution in [3.8, 4) is 11.1 Å². The van der Waals surface area contributed by atoms with Gasteiger partial charge in [0.25, 0.3) is 5.56 Å². The van der Waals surface area contributed by atoms with E-state index in [1.807, 2.05) is 10.6 Å². The third kappa shape index (κ3) is 3.11. The second-order valence-electron chi connectivity index (χ2n) is 8.50. The number of pyridine rings is 1. The summed E-state index contributed by atoms with van der Waals surface area (Å²) in [6.07, 6.45) is 8.72. The Morgan fingerprint density at radius 2 is 1.81 bits per heavy atom. The van der Waals surface area contributed by atoms with Crippen LogP contribution in [0.2, 0.25) is 0 Å². The summed E-state index contributed by atoms with van der Waals surface area (Å²) in [4.78, 5) is 26.4. The molecule has 2 saturated heterocycles. The molecule has 2 fully saturated rings. The van der Waals surface area contributed by atoms with Crippen LogP contribution in [0, 0.1) is 5.92 Å². The van der Waals surface area contributed by atoms with Gasteiger partial charge in [-0.05, 0) is 57.5 Å². The average Bonchev–Trinajstić information content (AvgIpc) is 2.70. The Kier molecular flexibility index (Phi) is 4.32.